The van der Waals surface area contributed by atoms with E-state index in [1.165, 1.54) is 12.1 Å². The van der Waals surface area contributed by atoms with E-state index >= 15 is 0 Å². The van der Waals surface area contributed by atoms with Crippen molar-refractivity contribution < 1.29 is 18.0 Å². The molecule has 0 aromatic heterocycles. The summed E-state index contributed by atoms with van der Waals surface area (Å²) < 4.78 is 36.0. The van der Waals surface area contributed by atoms with Crippen molar-refractivity contribution in [1.29, 1.82) is 0 Å². The molecule has 0 saturated carbocycles. The van der Waals surface area contributed by atoms with Gasteiger partial charge in [0.15, 0.2) is 0 Å². The van der Waals surface area contributed by atoms with Gasteiger partial charge in [-0.05, 0) is 12.1 Å². The predicted molar refractivity (Wildman–Crippen MR) is 49.2 cm³/mol. The number of benzene rings is 1. The molecule has 0 fully saturated rings. The van der Waals surface area contributed by atoms with Gasteiger partial charge in [-0.25, -0.2) is 0 Å². The number of rotatable bonds is 1. The van der Waals surface area contributed by atoms with Crippen LogP contribution in [0.1, 0.15) is 10.4 Å². The quantitative estimate of drug-likeness (QED) is 0.742. The molecule has 1 aliphatic heterocycles. The number of carbonyl (C=O) groups excluding carboxylic acids is 1. The van der Waals surface area contributed by atoms with Gasteiger partial charge in [0.05, 0.1) is 0 Å². The molecule has 0 saturated heterocycles. The third-order valence-corrected chi connectivity index (χ3v) is 1.86. The highest BCUT2D eigenvalue weighted by Crippen LogP contribution is 2.28. The molecular weight excluding hydrogens is 223 g/mol. The van der Waals surface area contributed by atoms with E-state index in [0.29, 0.717) is 0 Å². The minimum absolute atomic E-state index is 0.201. The maximum absolute atomic E-state index is 12.0. The van der Waals surface area contributed by atoms with E-state index < -0.39 is 18.2 Å². The van der Waals surface area contributed by atoms with Crippen molar-refractivity contribution in [3.63, 3.8) is 0 Å². The molecule has 0 radical (unpaired) electrons. The Bertz CT molecular complexity index is 441. The van der Waals surface area contributed by atoms with Crippen LogP contribution in [0.4, 0.5) is 13.2 Å². The molecule has 1 aromatic carbocycles. The Morgan fingerprint density at radius 1 is 1.25 bits per heavy atom. The smallest absolute Gasteiger partial charge is 0.289 e. The molecule has 1 amide bonds. The molecule has 0 aliphatic carbocycles. The third-order valence-electron chi connectivity index (χ3n) is 1.86. The van der Waals surface area contributed by atoms with Gasteiger partial charge in [0.1, 0.15) is 0 Å². The molecule has 1 aromatic rings. The number of hydrogen-bond acceptors (Lipinski definition) is 3. The summed E-state index contributed by atoms with van der Waals surface area (Å²) >= 11 is 0. The number of alkyl halides is 3. The van der Waals surface area contributed by atoms with E-state index in [2.05, 4.69) is 5.10 Å². The number of amides is 1. The maximum Gasteiger partial charge on any atom is 0.507 e. The van der Waals surface area contributed by atoms with E-state index in [0.717, 1.165) is 0 Å². The summed E-state index contributed by atoms with van der Waals surface area (Å²) in [5.74, 6) is -1.10. The van der Waals surface area contributed by atoms with Crippen molar-refractivity contribution in [2.45, 2.75) is 6.30 Å². The highest BCUT2D eigenvalue weighted by molar-refractivity contribution is 6.08. The first-order chi connectivity index (χ1) is 7.48. The van der Waals surface area contributed by atoms with Crippen LogP contribution in [0.3, 0.4) is 0 Å². The SMILES string of the molecule is O=C(NC1=NN1C(F)(F)F)c1ccccc1. The summed E-state index contributed by atoms with van der Waals surface area (Å²) in [6.45, 7) is 0. The number of carbonyl (C=O) groups is 1. The van der Waals surface area contributed by atoms with Crippen molar-refractivity contribution in [3.05, 3.63) is 35.9 Å². The Kier molecular flexibility index (Phi) is 2.30. The highest BCUT2D eigenvalue weighted by atomic mass is 19.4. The Balaban J connectivity index is 1.94. The number of nitrogens with zero attached hydrogens (tertiary/aromatic N) is 2. The van der Waals surface area contributed by atoms with Gasteiger partial charge in [-0.15, -0.1) is 23.3 Å². The lowest BCUT2D eigenvalue weighted by molar-refractivity contribution is -0.202. The molecule has 7 heteroatoms. The topological polar surface area (TPSA) is 44.5 Å². The third kappa shape index (κ3) is 2.13. The molecule has 0 spiro atoms. The van der Waals surface area contributed by atoms with Gasteiger partial charge in [-0.3, -0.25) is 10.1 Å². The molecule has 1 N–H and O–H groups in total. The van der Waals surface area contributed by atoms with Crippen LogP contribution in [0.25, 0.3) is 0 Å². The first kappa shape index (κ1) is 10.5. The summed E-state index contributed by atoms with van der Waals surface area (Å²) in [5.41, 5.74) is 0.277. The summed E-state index contributed by atoms with van der Waals surface area (Å²) in [4.78, 5) is 11.4. The van der Waals surface area contributed by atoms with Gasteiger partial charge in [-0.2, -0.15) is 0 Å². The second-order valence-corrected chi connectivity index (χ2v) is 3.02. The number of hydrogen-bond donors (Lipinski definition) is 1. The average molecular weight is 229 g/mol. The van der Waals surface area contributed by atoms with Crippen LogP contribution in [-0.2, 0) is 0 Å². The summed E-state index contributed by atoms with van der Waals surface area (Å²) in [6.07, 6.45) is -4.57. The highest BCUT2D eigenvalue weighted by Gasteiger charge is 2.49. The van der Waals surface area contributed by atoms with Crippen LogP contribution in [0, 0.1) is 0 Å². The van der Waals surface area contributed by atoms with Crippen molar-refractivity contribution in [2.75, 3.05) is 0 Å². The Hall–Kier alpha value is -2.05. The molecule has 1 heterocycles. The van der Waals surface area contributed by atoms with Crippen LogP contribution in [0.2, 0.25) is 0 Å². The first-order valence-corrected chi connectivity index (χ1v) is 4.30. The van der Waals surface area contributed by atoms with Crippen molar-refractivity contribution in [1.82, 2.24) is 10.3 Å². The largest absolute Gasteiger partial charge is 0.507 e. The predicted octanol–water partition coefficient (Wildman–Crippen LogP) is 1.52. The van der Waals surface area contributed by atoms with E-state index in [1.807, 2.05) is 5.32 Å². The minimum Gasteiger partial charge on any atom is -0.289 e. The van der Waals surface area contributed by atoms with Crippen LogP contribution in [-0.4, -0.2) is 23.2 Å². The van der Waals surface area contributed by atoms with Crippen molar-refractivity contribution >= 4 is 11.9 Å². The first-order valence-electron chi connectivity index (χ1n) is 4.30. The van der Waals surface area contributed by atoms with Gasteiger partial charge in [0, 0.05) is 5.56 Å². The van der Waals surface area contributed by atoms with Crippen LogP contribution >= 0.6 is 0 Å². The molecule has 4 nitrogen and oxygen atoms in total. The second-order valence-electron chi connectivity index (χ2n) is 3.02. The van der Waals surface area contributed by atoms with Gasteiger partial charge in [0.25, 0.3) is 11.9 Å². The van der Waals surface area contributed by atoms with Crippen molar-refractivity contribution in [2.24, 2.45) is 5.10 Å². The number of nitrogens with one attached hydrogen (secondary N) is 1. The van der Waals surface area contributed by atoms with Gasteiger partial charge < -0.3 is 0 Å². The van der Waals surface area contributed by atoms with Gasteiger partial charge >= 0.3 is 6.30 Å². The normalized spacial score (nSPS) is 14.4. The summed E-state index contributed by atoms with van der Waals surface area (Å²) in [5, 5.41) is 4.83. The van der Waals surface area contributed by atoms with E-state index in [9.17, 15) is 18.0 Å². The fourth-order valence-corrected chi connectivity index (χ4v) is 1.09. The molecule has 2 rings (SSSR count). The zero-order chi connectivity index (χ0) is 11.8. The zero-order valence-electron chi connectivity index (χ0n) is 7.82. The van der Waals surface area contributed by atoms with Crippen LogP contribution in [0.5, 0.6) is 0 Å². The minimum atomic E-state index is -4.57. The molecule has 0 unspecified atom stereocenters. The Morgan fingerprint density at radius 3 is 2.38 bits per heavy atom. The molecule has 16 heavy (non-hydrogen) atoms. The van der Waals surface area contributed by atoms with Gasteiger partial charge in [0.2, 0.25) is 0 Å². The fourth-order valence-electron chi connectivity index (χ4n) is 1.09. The number of halogens is 3. The number of guanidine groups is 1. The Morgan fingerprint density at radius 2 is 1.88 bits per heavy atom. The molecule has 84 valence electrons. The maximum atomic E-state index is 12.0. The summed E-state index contributed by atoms with van der Waals surface area (Å²) in [7, 11) is 0. The zero-order valence-corrected chi connectivity index (χ0v) is 7.82. The second kappa shape index (κ2) is 3.51. The Labute approximate surface area is 88.4 Å². The number of hydrazone groups is 1. The lowest BCUT2D eigenvalue weighted by atomic mass is 10.2. The van der Waals surface area contributed by atoms with Gasteiger partial charge in [-0.1, -0.05) is 18.2 Å². The monoisotopic (exact) mass is 229 g/mol. The summed E-state index contributed by atoms with van der Waals surface area (Å²) in [6, 6.07) is 7.93. The molecule has 0 bridgehead atoms. The van der Waals surface area contributed by atoms with Crippen molar-refractivity contribution in [3.8, 4) is 0 Å². The van der Waals surface area contributed by atoms with E-state index in [1.54, 1.807) is 18.2 Å². The molecular formula is C9H6F3N3O. The lowest BCUT2D eigenvalue weighted by Crippen LogP contribution is -2.35. The average Bonchev–Trinajstić information content (AvgIpc) is 2.98. The lowest BCUT2D eigenvalue weighted by Gasteiger charge is -2.06. The van der Waals surface area contributed by atoms with E-state index in [-0.39, 0.29) is 10.6 Å². The van der Waals surface area contributed by atoms with Crippen LogP contribution in [0.15, 0.2) is 35.4 Å². The van der Waals surface area contributed by atoms with Crippen LogP contribution < -0.4 is 5.32 Å². The molecule has 0 atom stereocenters. The standard InChI is InChI=1S/C9H6F3N3O/c10-9(11,12)15-8(14-15)13-7(16)6-4-2-1-3-5-6/h1-5H,(H,13,14,16). The molecule has 1 aliphatic rings. The fraction of sp³-hybridized carbons (Fsp3) is 0.111. The van der Waals surface area contributed by atoms with E-state index in [4.69, 9.17) is 0 Å².